The van der Waals surface area contributed by atoms with Crippen LogP contribution < -0.4 is 0 Å². The minimum atomic E-state index is -3.79. The van der Waals surface area contributed by atoms with E-state index in [0.29, 0.717) is 13.1 Å². The van der Waals surface area contributed by atoms with E-state index >= 15 is 0 Å². The molecule has 2 heterocycles. The summed E-state index contributed by atoms with van der Waals surface area (Å²) < 4.78 is 29.3. The van der Waals surface area contributed by atoms with Gasteiger partial charge in [0.05, 0.1) is 16.2 Å². The van der Waals surface area contributed by atoms with Crippen molar-refractivity contribution in [3.05, 3.63) is 71.5 Å². The summed E-state index contributed by atoms with van der Waals surface area (Å²) in [7, 11) is -3.79. The van der Waals surface area contributed by atoms with Crippen LogP contribution in [0.4, 0.5) is 0 Å². The predicted molar refractivity (Wildman–Crippen MR) is 130 cm³/mol. The fraction of sp³-hybridized carbons (Fsp3) is 0.292. The first-order valence-corrected chi connectivity index (χ1v) is 13.2. The van der Waals surface area contributed by atoms with E-state index in [1.54, 1.807) is 23.2 Å². The maximum atomic E-state index is 13.0. The van der Waals surface area contributed by atoms with Crippen LogP contribution in [0.5, 0.6) is 0 Å². The summed E-state index contributed by atoms with van der Waals surface area (Å²) in [6.45, 7) is 5.08. The van der Waals surface area contributed by atoms with Gasteiger partial charge in [0.1, 0.15) is 6.07 Å². The molecule has 0 bridgehead atoms. The molecular weight excluding hydrogens is 470 g/mol. The van der Waals surface area contributed by atoms with Crippen LogP contribution >= 0.6 is 11.8 Å². The zero-order chi connectivity index (χ0) is 24.3. The van der Waals surface area contributed by atoms with E-state index in [4.69, 9.17) is 0 Å². The first kappa shape index (κ1) is 24.0. The topological polar surface area (TPSA) is 99.3 Å². The van der Waals surface area contributed by atoms with Crippen molar-refractivity contribution >= 4 is 27.7 Å². The van der Waals surface area contributed by atoms with Gasteiger partial charge in [-0.15, -0.1) is 0 Å². The first-order chi connectivity index (χ1) is 16.3. The Kier molecular flexibility index (Phi) is 7.07. The van der Waals surface area contributed by atoms with Gasteiger partial charge in [-0.3, -0.25) is 9.36 Å². The van der Waals surface area contributed by atoms with Gasteiger partial charge in [0.15, 0.2) is 5.16 Å². The van der Waals surface area contributed by atoms with E-state index in [0.717, 1.165) is 22.0 Å². The van der Waals surface area contributed by atoms with Gasteiger partial charge in [-0.25, -0.2) is 13.4 Å². The molecule has 1 aliphatic heterocycles. The van der Waals surface area contributed by atoms with Crippen LogP contribution in [0.15, 0.2) is 64.9 Å². The van der Waals surface area contributed by atoms with Crippen LogP contribution in [0.3, 0.4) is 0 Å². The molecule has 1 amide bonds. The second kappa shape index (κ2) is 10.0. The number of hydrogen-bond acceptors (Lipinski definition) is 6. The molecule has 0 aliphatic carbocycles. The Labute approximate surface area is 203 Å². The molecule has 8 nitrogen and oxygen atoms in total. The van der Waals surface area contributed by atoms with Gasteiger partial charge in [0, 0.05) is 44.3 Å². The Hall–Kier alpha value is -3.13. The Bertz CT molecular complexity index is 1330. The van der Waals surface area contributed by atoms with Gasteiger partial charge >= 0.3 is 0 Å². The number of amides is 1. The fourth-order valence-corrected chi connectivity index (χ4v) is 6.44. The van der Waals surface area contributed by atoms with E-state index in [1.807, 2.05) is 30.7 Å². The molecule has 0 spiro atoms. The number of sulfonamides is 1. The Morgan fingerprint density at radius 3 is 2.44 bits per heavy atom. The monoisotopic (exact) mass is 495 g/mol. The molecule has 1 aliphatic rings. The molecule has 0 unspecified atom stereocenters. The molecular formula is C24H25N5O3S2. The van der Waals surface area contributed by atoms with Crippen LogP contribution in [0.1, 0.15) is 16.7 Å². The molecule has 176 valence electrons. The normalized spacial score (nSPS) is 14.7. The van der Waals surface area contributed by atoms with Crippen molar-refractivity contribution in [3.63, 3.8) is 0 Å². The van der Waals surface area contributed by atoms with Crippen molar-refractivity contribution < 1.29 is 13.2 Å². The molecule has 0 atom stereocenters. The predicted octanol–water partition coefficient (Wildman–Crippen LogP) is 2.99. The molecule has 34 heavy (non-hydrogen) atoms. The molecule has 2 aromatic carbocycles. The number of carbonyl (C=O) groups excluding carboxylic acids is 1. The lowest BCUT2D eigenvalue weighted by Crippen LogP contribution is -2.51. The number of thioether (sulfide) groups is 1. The summed E-state index contributed by atoms with van der Waals surface area (Å²) in [4.78, 5) is 18.9. The number of rotatable bonds is 6. The van der Waals surface area contributed by atoms with Crippen LogP contribution in [0.2, 0.25) is 0 Å². The van der Waals surface area contributed by atoms with E-state index < -0.39 is 10.0 Å². The lowest BCUT2D eigenvalue weighted by Gasteiger charge is -2.34. The standard InChI is InChI=1S/C24H25N5O3S2/c1-18-13-19(2)15-21(14-18)29-8-7-26-24(29)33-17-23(30)27-9-11-28(12-10-27)34(31,32)22-6-4-3-5-20(22)16-25/h3-8,13-15H,9-12,17H2,1-2H3. The van der Waals surface area contributed by atoms with Gasteiger partial charge < -0.3 is 4.90 Å². The number of hydrogen-bond donors (Lipinski definition) is 0. The second-order valence-corrected chi connectivity index (χ2v) is 11.0. The van der Waals surface area contributed by atoms with Crippen molar-refractivity contribution in [2.75, 3.05) is 31.9 Å². The summed E-state index contributed by atoms with van der Waals surface area (Å²) in [5.74, 6) is 0.153. The van der Waals surface area contributed by atoms with Crippen molar-refractivity contribution in [1.29, 1.82) is 5.26 Å². The van der Waals surface area contributed by atoms with Crippen LogP contribution in [0, 0.1) is 25.2 Å². The highest BCUT2D eigenvalue weighted by molar-refractivity contribution is 7.99. The molecule has 1 fully saturated rings. The summed E-state index contributed by atoms with van der Waals surface area (Å²) >= 11 is 1.36. The number of aryl methyl sites for hydroxylation is 2. The maximum Gasteiger partial charge on any atom is 0.244 e. The highest BCUT2D eigenvalue weighted by atomic mass is 32.2. The Balaban J connectivity index is 1.37. The van der Waals surface area contributed by atoms with Crippen molar-refractivity contribution in [2.24, 2.45) is 0 Å². The molecule has 0 saturated carbocycles. The fourth-order valence-electron chi connectivity index (χ4n) is 4.00. The summed E-state index contributed by atoms with van der Waals surface area (Å²) in [5.41, 5.74) is 3.43. The van der Waals surface area contributed by atoms with Gasteiger partial charge in [-0.2, -0.15) is 9.57 Å². The summed E-state index contributed by atoms with van der Waals surface area (Å²) in [5, 5.41) is 9.99. The zero-order valence-electron chi connectivity index (χ0n) is 19.0. The van der Waals surface area contributed by atoms with Crippen molar-refractivity contribution in [2.45, 2.75) is 23.9 Å². The number of nitriles is 1. The molecule has 0 N–H and O–H groups in total. The largest absolute Gasteiger partial charge is 0.339 e. The minimum absolute atomic E-state index is 0.00561. The highest BCUT2D eigenvalue weighted by Gasteiger charge is 2.31. The Morgan fingerprint density at radius 1 is 1.09 bits per heavy atom. The molecule has 0 radical (unpaired) electrons. The van der Waals surface area contributed by atoms with Crippen LogP contribution in [-0.2, 0) is 14.8 Å². The van der Waals surface area contributed by atoms with E-state index in [9.17, 15) is 18.5 Å². The molecule has 4 rings (SSSR count). The first-order valence-electron chi connectivity index (χ1n) is 10.8. The maximum absolute atomic E-state index is 13.0. The number of aromatic nitrogens is 2. The van der Waals surface area contributed by atoms with E-state index in [2.05, 4.69) is 23.2 Å². The van der Waals surface area contributed by atoms with E-state index in [1.165, 1.54) is 28.2 Å². The minimum Gasteiger partial charge on any atom is -0.339 e. The van der Waals surface area contributed by atoms with Crippen molar-refractivity contribution in [3.8, 4) is 11.8 Å². The summed E-state index contributed by atoms with van der Waals surface area (Å²) in [6, 6.07) is 14.4. The quantitative estimate of drug-likeness (QED) is 0.488. The summed E-state index contributed by atoms with van der Waals surface area (Å²) in [6.07, 6.45) is 3.59. The SMILES string of the molecule is Cc1cc(C)cc(-n2ccnc2SCC(=O)N2CCN(S(=O)(=O)c3ccccc3C#N)CC2)c1. The molecule has 3 aromatic rings. The highest BCUT2D eigenvalue weighted by Crippen LogP contribution is 2.24. The van der Waals surface area contributed by atoms with E-state index in [-0.39, 0.29) is 35.2 Å². The van der Waals surface area contributed by atoms with Gasteiger partial charge in [0.25, 0.3) is 0 Å². The smallest absolute Gasteiger partial charge is 0.244 e. The number of nitrogens with zero attached hydrogens (tertiary/aromatic N) is 5. The van der Waals surface area contributed by atoms with Gasteiger partial charge in [-0.05, 0) is 49.2 Å². The van der Waals surface area contributed by atoms with Gasteiger partial charge in [0.2, 0.25) is 15.9 Å². The molecule has 10 heteroatoms. The van der Waals surface area contributed by atoms with Crippen LogP contribution in [0.25, 0.3) is 5.69 Å². The molecule has 1 aromatic heterocycles. The third-order valence-corrected chi connectivity index (χ3v) is 8.54. The lowest BCUT2D eigenvalue weighted by atomic mass is 10.1. The third-order valence-electron chi connectivity index (χ3n) is 5.63. The number of piperazine rings is 1. The van der Waals surface area contributed by atoms with Crippen LogP contribution in [-0.4, -0.2) is 65.0 Å². The zero-order valence-corrected chi connectivity index (χ0v) is 20.6. The lowest BCUT2D eigenvalue weighted by molar-refractivity contribution is -0.129. The average Bonchev–Trinajstić information content (AvgIpc) is 3.30. The van der Waals surface area contributed by atoms with Crippen molar-refractivity contribution in [1.82, 2.24) is 18.8 Å². The third kappa shape index (κ3) is 5.01. The molecule has 1 saturated heterocycles. The average molecular weight is 496 g/mol. The van der Waals surface area contributed by atoms with Gasteiger partial charge in [-0.1, -0.05) is 30.0 Å². The number of carbonyl (C=O) groups is 1. The number of imidazole rings is 1. The Morgan fingerprint density at radius 2 is 1.76 bits per heavy atom. The number of benzene rings is 2. The second-order valence-electron chi connectivity index (χ2n) is 8.11.